The molecule has 0 bridgehead atoms. The van der Waals surface area contributed by atoms with E-state index in [0.717, 1.165) is 6.42 Å². The van der Waals surface area contributed by atoms with Crippen LogP contribution in [0.3, 0.4) is 0 Å². The van der Waals surface area contributed by atoms with Gasteiger partial charge in [-0.3, -0.25) is 0 Å². The summed E-state index contributed by atoms with van der Waals surface area (Å²) in [6.45, 7) is 4.19. The van der Waals surface area contributed by atoms with Crippen molar-refractivity contribution in [3.8, 4) is 0 Å². The van der Waals surface area contributed by atoms with Gasteiger partial charge in [0.25, 0.3) is 0 Å². The first-order valence-corrected chi connectivity index (χ1v) is 5.45. The van der Waals surface area contributed by atoms with Crippen molar-refractivity contribution in [1.82, 2.24) is 0 Å². The Morgan fingerprint density at radius 1 is 1.50 bits per heavy atom. The zero-order chi connectivity index (χ0) is 8.20. The quantitative estimate of drug-likeness (QED) is 0.645. The number of rotatable bonds is 4. The molecule has 0 fully saturated rings. The van der Waals surface area contributed by atoms with E-state index in [0.29, 0.717) is 5.92 Å². The van der Waals surface area contributed by atoms with Crippen LogP contribution in [-0.4, -0.2) is 15.0 Å². The van der Waals surface area contributed by atoms with Gasteiger partial charge >= 0.3 is 68.4 Å². The maximum atomic E-state index is 10.2. The molecule has 0 aromatic heterocycles. The Hall–Kier alpha value is 0.404. The molecule has 65 valence electrons. The molecule has 0 aromatic rings. The van der Waals surface area contributed by atoms with Gasteiger partial charge in [0.05, 0.1) is 0 Å². The van der Waals surface area contributed by atoms with Crippen LogP contribution in [0.5, 0.6) is 0 Å². The molecule has 0 radical (unpaired) electrons. The Balaban J connectivity index is 3.39. The SMILES string of the molecule is CC(C)CCO[S](=O)(=O)[Ni]. The average Bonchev–Trinajstić information content (AvgIpc) is 1.59. The zero-order valence-corrected chi connectivity index (χ0v) is 7.74. The molecule has 5 heteroatoms. The zero-order valence-electron chi connectivity index (χ0n) is 5.94. The first-order valence-electron chi connectivity index (χ1n) is 2.98. The third-order valence-electron chi connectivity index (χ3n) is 0.912. The molecule has 0 spiro atoms. The normalized spacial score (nSPS) is 12.5. The molecule has 0 N–H and O–H groups in total. The van der Waals surface area contributed by atoms with Crippen molar-refractivity contribution < 1.29 is 27.0 Å². The average molecular weight is 210 g/mol. The summed E-state index contributed by atoms with van der Waals surface area (Å²) in [5, 5.41) is 0. The number of hydrogen-bond acceptors (Lipinski definition) is 3. The molecule has 0 heterocycles. The Bertz CT molecular complexity index is 173. The predicted molar refractivity (Wildman–Crippen MR) is 34.3 cm³/mol. The van der Waals surface area contributed by atoms with E-state index < -0.39 is 8.64 Å². The van der Waals surface area contributed by atoms with E-state index in [9.17, 15) is 8.42 Å². The van der Waals surface area contributed by atoms with Gasteiger partial charge in [0.15, 0.2) is 0 Å². The van der Waals surface area contributed by atoms with Crippen LogP contribution in [0.15, 0.2) is 0 Å². The van der Waals surface area contributed by atoms with Gasteiger partial charge in [0.1, 0.15) is 0 Å². The van der Waals surface area contributed by atoms with Gasteiger partial charge in [-0.2, -0.15) is 0 Å². The van der Waals surface area contributed by atoms with Crippen molar-refractivity contribution in [2.45, 2.75) is 20.3 Å². The van der Waals surface area contributed by atoms with Crippen molar-refractivity contribution in [3.63, 3.8) is 0 Å². The van der Waals surface area contributed by atoms with Gasteiger partial charge in [-0.15, -0.1) is 0 Å². The minimum atomic E-state index is -3.59. The van der Waals surface area contributed by atoms with Gasteiger partial charge in [0.2, 0.25) is 0 Å². The van der Waals surface area contributed by atoms with Crippen LogP contribution in [0.25, 0.3) is 0 Å². The third kappa shape index (κ3) is 8.40. The Labute approximate surface area is 68.8 Å². The third-order valence-corrected chi connectivity index (χ3v) is 1.69. The second kappa shape index (κ2) is 4.32. The Kier molecular flexibility index (Phi) is 4.49. The van der Waals surface area contributed by atoms with Crippen LogP contribution in [0.1, 0.15) is 20.3 Å². The molecule has 10 heavy (non-hydrogen) atoms. The van der Waals surface area contributed by atoms with E-state index in [1.165, 1.54) is 0 Å². The molecule has 0 saturated carbocycles. The van der Waals surface area contributed by atoms with Crippen molar-refractivity contribution >= 4 is 8.64 Å². The first-order chi connectivity index (χ1) is 4.42. The second-order valence-electron chi connectivity index (χ2n) is 2.37. The Morgan fingerprint density at radius 2 is 2.00 bits per heavy atom. The minimum absolute atomic E-state index is 0.208. The van der Waals surface area contributed by atoms with E-state index in [2.05, 4.69) is 18.6 Å². The van der Waals surface area contributed by atoms with Crippen molar-refractivity contribution in [2.75, 3.05) is 6.61 Å². The fourth-order valence-corrected chi connectivity index (χ4v) is 0.910. The van der Waals surface area contributed by atoms with Gasteiger partial charge in [0, 0.05) is 0 Å². The maximum absolute atomic E-state index is 10.2. The monoisotopic (exact) mass is 209 g/mol. The number of hydrogen-bond donors (Lipinski definition) is 0. The van der Waals surface area contributed by atoms with E-state index in [1.54, 1.807) is 0 Å². The fourth-order valence-electron chi connectivity index (χ4n) is 0.378. The summed E-state index contributed by atoms with van der Waals surface area (Å²) in [4.78, 5) is 0. The van der Waals surface area contributed by atoms with Crippen LogP contribution in [-0.2, 0) is 27.2 Å². The van der Waals surface area contributed by atoms with Crippen molar-refractivity contribution in [2.24, 2.45) is 5.92 Å². The van der Waals surface area contributed by atoms with Crippen LogP contribution in [0.4, 0.5) is 0 Å². The molecule has 0 amide bonds. The molecular weight excluding hydrogens is 199 g/mol. The fraction of sp³-hybridized carbons (Fsp3) is 1.00. The molecule has 0 aliphatic carbocycles. The van der Waals surface area contributed by atoms with Crippen molar-refractivity contribution in [3.05, 3.63) is 0 Å². The van der Waals surface area contributed by atoms with Crippen LogP contribution in [0.2, 0.25) is 0 Å². The standard InChI is InChI=1S/C5H11O3S.Ni/c1-5(2)3-4-8-9(6)7;/h5H,3-4H2,1-2H3;. The predicted octanol–water partition coefficient (Wildman–Crippen LogP) is 0.841. The molecule has 0 rings (SSSR count). The van der Waals surface area contributed by atoms with Crippen LogP contribution >= 0.6 is 0 Å². The summed E-state index contributed by atoms with van der Waals surface area (Å²) in [5.74, 6) is 0.446. The second-order valence-corrected chi connectivity index (χ2v) is 4.81. The van der Waals surface area contributed by atoms with E-state index in [-0.39, 0.29) is 6.61 Å². The summed E-state index contributed by atoms with van der Waals surface area (Å²) >= 11 is 3.69. The molecule has 0 saturated heterocycles. The Morgan fingerprint density at radius 3 is 2.30 bits per heavy atom. The molecular formula is C5H11NiO3S. The van der Waals surface area contributed by atoms with Crippen molar-refractivity contribution in [1.29, 1.82) is 0 Å². The van der Waals surface area contributed by atoms with Gasteiger partial charge < -0.3 is 0 Å². The molecule has 3 nitrogen and oxygen atoms in total. The molecule has 0 aromatic carbocycles. The van der Waals surface area contributed by atoms with E-state index in [1.807, 2.05) is 13.8 Å². The molecule has 0 aliphatic rings. The summed E-state index contributed by atoms with van der Waals surface area (Å²) in [5.41, 5.74) is 0. The molecule has 0 unspecified atom stereocenters. The first kappa shape index (κ1) is 10.4. The summed E-state index contributed by atoms with van der Waals surface area (Å²) in [7, 11) is -3.59. The van der Waals surface area contributed by atoms with Gasteiger partial charge in [-0.1, -0.05) is 0 Å². The van der Waals surface area contributed by atoms with E-state index >= 15 is 0 Å². The van der Waals surface area contributed by atoms with Gasteiger partial charge in [-0.25, -0.2) is 0 Å². The molecule has 0 atom stereocenters. The summed E-state index contributed by atoms with van der Waals surface area (Å²) in [6.07, 6.45) is 0.725. The van der Waals surface area contributed by atoms with Crippen LogP contribution < -0.4 is 0 Å². The van der Waals surface area contributed by atoms with Crippen LogP contribution in [0, 0.1) is 5.92 Å². The van der Waals surface area contributed by atoms with Gasteiger partial charge in [-0.05, 0) is 0 Å². The molecule has 0 aliphatic heterocycles. The summed E-state index contributed by atoms with van der Waals surface area (Å²) in [6, 6.07) is 0. The summed E-state index contributed by atoms with van der Waals surface area (Å²) < 4.78 is 24.8. The topological polar surface area (TPSA) is 43.4 Å². The van der Waals surface area contributed by atoms with E-state index in [4.69, 9.17) is 0 Å².